The van der Waals surface area contributed by atoms with Gasteiger partial charge in [-0.1, -0.05) is 70.6 Å². The third-order valence-corrected chi connectivity index (χ3v) is 3.84. The van der Waals surface area contributed by atoms with E-state index in [1.54, 1.807) is 0 Å². The molecule has 0 unspecified atom stereocenters. The summed E-state index contributed by atoms with van der Waals surface area (Å²) in [6.45, 7) is 2.03. The summed E-state index contributed by atoms with van der Waals surface area (Å²) in [6, 6.07) is 0. The lowest BCUT2D eigenvalue weighted by molar-refractivity contribution is -0.141. The monoisotopic (exact) mass is 314 g/mol. The topological polar surface area (TPSA) is 63.6 Å². The summed E-state index contributed by atoms with van der Waals surface area (Å²) in [6.07, 6.45) is 15.8. The van der Waals surface area contributed by atoms with Crippen molar-refractivity contribution in [3.8, 4) is 0 Å². The summed E-state index contributed by atoms with van der Waals surface area (Å²) in [7, 11) is 0. The lowest BCUT2D eigenvalue weighted by atomic mass is 10.0. The van der Waals surface area contributed by atoms with Crippen LogP contribution < -0.4 is 0 Å². The van der Waals surface area contributed by atoms with Crippen molar-refractivity contribution in [3.05, 3.63) is 0 Å². The summed E-state index contributed by atoms with van der Waals surface area (Å²) in [4.78, 5) is 20.9. The first-order valence-corrected chi connectivity index (χ1v) is 8.98. The molecule has 0 atom stereocenters. The Bertz CT molecular complexity index is 248. The number of rotatable bonds is 16. The molecule has 0 amide bonds. The molecule has 0 aromatic heterocycles. The normalized spacial score (nSPS) is 10.6. The van der Waals surface area contributed by atoms with Crippen molar-refractivity contribution in [2.45, 2.75) is 96.8 Å². The fourth-order valence-corrected chi connectivity index (χ4v) is 2.54. The maximum Gasteiger partial charge on any atom is 0.303 e. The summed E-state index contributed by atoms with van der Waals surface area (Å²) < 4.78 is 4.89. The van der Waals surface area contributed by atoms with E-state index < -0.39 is 5.97 Å². The molecule has 0 radical (unpaired) electrons. The van der Waals surface area contributed by atoms with Crippen LogP contribution in [-0.4, -0.2) is 23.7 Å². The number of esters is 1. The highest BCUT2D eigenvalue weighted by molar-refractivity contribution is 5.66. The van der Waals surface area contributed by atoms with Gasteiger partial charge < -0.3 is 9.84 Å². The van der Waals surface area contributed by atoms with Crippen molar-refractivity contribution in [3.63, 3.8) is 0 Å². The fourth-order valence-electron chi connectivity index (χ4n) is 2.54. The molecule has 130 valence electrons. The zero-order chi connectivity index (χ0) is 16.5. The van der Waals surface area contributed by atoms with Crippen LogP contribution in [0.4, 0.5) is 0 Å². The summed E-state index contributed by atoms with van der Waals surface area (Å²) in [5.74, 6) is -0.853. The van der Waals surface area contributed by atoms with E-state index >= 15 is 0 Å². The van der Waals surface area contributed by atoms with Gasteiger partial charge in [-0.15, -0.1) is 0 Å². The molecule has 0 aromatic rings. The summed E-state index contributed by atoms with van der Waals surface area (Å²) in [5.41, 5.74) is 0. The van der Waals surface area contributed by atoms with Crippen molar-refractivity contribution >= 4 is 11.9 Å². The average molecular weight is 314 g/mol. The quantitative estimate of drug-likeness (QED) is 0.318. The third-order valence-electron chi connectivity index (χ3n) is 3.84. The first-order valence-electron chi connectivity index (χ1n) is 8.98. The lowest BCUT2D eigenvalue weighted by Gasteiger charge is -2.03. The van der Waals surface area contributed by atoms with Crippen molar-refractivity contribution in [1.82, 2.24) is 0 Å². The van der Waals surface area contributed by atoms with Gasteiger partial charge in [0, 0.05) is 13.3 Å². The number of hydrogen-bond donors (Lipinski definition) is 1. The van der Waals surface area contributed by atoms with E-state index in [-0.39, 0.29) is 5.97 Å². The second kappa shape index (κ2) is 16.3. The molecule has 0 aliphatic carbocycles. The largest absolute Gasteiger partial charge is 0.481 e. The maximum absolute atomic E-state index is 10.6. The molecule has 22 heavy (non-hydrogen) atoms. The van der Waals surface area contributed by atoms with Crippen molar-refractivity contribution in [1.29, 1.82) is 0 Å². The fraction of sp³-hybridized carbons (Fsp3) is 0.889. The second-order valence-electron chi connectivity index (χ2n) is 6.08. The Morgan fingerprint density at radius 3 is 1.41 bits per heavy atom. The highest BCUT2D eigenvalue weighted by Crippen LogP contribution is 2.13. The Morgan fingerprint density at radius 1 is 0.682 bits per heavy atom. The van der Waals surface area contributed by atoms with Gasteiger partial charge in [0.05, 0.1) is 6.61 Å². The number of ether oxygens (including phenoxy) is 1. The Kier molecular flexibility index (Phi) is 15.5. The minimum Gasteiger partial charge on any atom is -0.481 e. The average Bonchev–Trinajstić information content (AvgIpc) is 2.46. The SMILES string of the molecule is CC(=O)OCCCCCCCCCCCCCCCC(=O)O. The molecule has 4 nitrogen and oxygen atoms in total. The van der Waals surface area contributed by atoms with Crippen molar-refractivity contribution in [2.24, 2.45) is 0 Å². The minimum absolute atomic E-state index is 0.179. The van der Waals surface area contributed by atoms with Crippen LogP contribution in [0.15, 0.2) is 0 Å². The molecule has 1 N–H and O–H groups in total. The van der Waals surface area contributed by atoms with Crippen LogP contribution in [0.3, 0.4) is 0 Å². The molecule has 0 saturated heterocycles. The van der Waals surface area contributed by atoms with Gasteiger partial charge in [-0.3, -0.25) is 9.59 Å². The van der Waals surface area contributed by atoms with E-state index in [9.17, 15) is 9.59 Å². The van der Waals surface area contributed by atoms with Crippen LogP contribution in [0.2, 0.25) is 0 Å². The molecule has 0 spiro atoms. The molecule has 0 aliphatic rings. The highest BCUT2D eigenvalue weighted by Gasteiger charge is 1.97. The van der Waals surface area contributed by atoms with Crippen molar-refractivity contribution < 1.29 is 19.4 Å². The van der Waals surface area contributed by atoms with E-state index in [1.165, 1.54) is 64.7 Å². The van der Waals surface area contributed by atoms with Crippen LogP contribution in [0.25, 0.3) is 0 Å². The minimum atomic E-state index is -0.675. The molecular weight excluding hydrogens is 280 g/mol. The van der Waals surface area contributed by atoms with Crippen LogP contribution in [0.5, 0.6) is 0 Å². The van der Waals surface area contributed by atoms with E-state index in [4.69, 9.17) is 9.84 Å². The first kappa shape index (κ1) is 20.9. The number of carbonyl (C=O) groups excluding carboxylic acids is 1. The number of carbonyl (C=O) groups is 2. The number of carboxylic acids is 1. The standard InChI is InChI=1S/C18H34O4/c1-17(19)22-16-14-12-10-8-6-4-2-3-5-7-9-11-13-15-18(20)21/h2-16H2,1H3,(H,20,21). The Morgan fingerprint density at radius 2 is 1.05 bits per heavy atom. The molecule has 0 heterocycles. The van der Waals surface area contributed by atoms with Gasteiger partial charge in [0.1, 0.15) is 0 Å². The second-order valence-corrected chi connectivity index (χ2v) is 6.08. The third kappa shape index (κ3) is 18.9. The van der Waals surface area contributed by atoms with Gasteiger partial charge in [0.25, 0.3) is 0 Å². The van der Waals surface area contributed by atoms with Crippen LogP contribution in [-0.2, 0) is 14.3 Å². The predicted octanol–water partition coefficient (Wildman–Crippen LogP) is 5.10. The zero-order valence-electron chi connectivity index (χ0n) is 14.3. The number of carboxylic acid groups (broad SMARTS) is 1. The molecule has 0 aromatic carbocycles. The van der Waals surface area contributed by atoms with Gasteiger partial charge in [-0.2, -0.15) is 0 Å². The molecule has 0 fully saturated rings. The summed E-state index contributed by atoms with van der Waals surface area (Å²) in [5, 5.41) is 8.52. The van der Waals surface area contributed by atoms with Gasteiger partial charge in [0.2, 0.25) is 0 Å². The lowest BCUT2D eigenvalue weighted by Crippen LogP contribution is -2.00. The van der Waals surface area contributed by atoms with Crippen molar-refractivity contribution in [2.75, 3.05) is 6.61 Å². The summed E-state index contributed by atoms with van der Waals surface area (Å²) >= 11 is 0. The van der Waals surface area contributed by atoms with Crippen LogP contribution in [0, 0.1) is 0 Å². The smallest absolute Gasteiger partial charge is 0.303 e. The van der Waals surface area contributed by atoms with Crippen LogP contribution >= 0.6 is 0 Å². The van der Waals surface area contributed by atoms with E-state index in [1.807, 2.05) is 0 Å². The van der Waals surface area contributed by atoms with E-state index in [2.05, 4.69) is 0 Å². The Labute approximate surface area is 135 Å². The van der Waals surface area contributed by atoms with E-state index in [0.717, 1.165) is 25.7 Å². The Hall–Kier alpha value is -1.06. The molecule has 0 bridgehead atoms. The predicted molar refractivity (Wildman–Crippen MR) is 88.9 cm³/mol. The van der Waals surface area contributed by atoms with Gasteiger partial charge in [0.15, 0.2) is 0 Å². The number of unbranched alkanes of at least 4 members (excludes halogenated alkanes) is 12. The molecule has 0 rings (SSSR count). The van der Waals surface area contributed by atoms with Gasteiger partial charge in [-0.25, -0.2) is 0 Å². The number of aliphatic carboxylic acids is 1. The molecule has 0 saturated carbocycles. The molecular formula is C18H34O4. The zero-order valence-corrected chi connectivity index (χ0v) is 14.3. The number of hydrogen-bond acceptors (Lipinski definition) is 3. The maximum atomic E-state index is 10.6. The van der Waals surface area contributed by atoms with Crippen LogP contribution in [0.1, 0.15) is 96.8 Å². The Balaban J connectivity index is 2.99. The van der Waals surface area contributed by atoms with Gasteiger partial charge in [-0.05, 0) is 12.8 Å². The molecule has 4 heteroatoms. The van der Waals surface area contributed by atoms with Gasteiger partial charge >= 0.3 is 11.9 Å². The first-order chi connectivity index (χ1) is 10.6. The van der Waals surface area contributed by atoms with E-state index in [0.29, 0.717) is 13.0 Å². The molecule has 0 aliphatic heterocycles. The highest BCUT2D eigenvalue weighted by atomic mass is 16.5.